The molecule has 0 aromatic heterocycles. The summed E-state index contributed by atoms with van der Waals surface area (Å²) in [7, 11) is 0. The van der Waals surface area contributed by atoms with Crippen molar-refractivity contribution in [1.82, 2.24) is 0 Å². The lowest BCUT2D eigenvalue weighted by Crippen LogP contribution is -2.31. The monoisotopic (exact) mass is 266 g/mol. The van der Waals surface area contributed by atoms with E-state index in [2.05, 4.69) is 23.5 Å². The van der Waals surface area contributed by atoms with E-state index in [1.807, 2.05) is 13.0 Å². The van der Waals surface area contributed by atoms with Gasteiger partial charge in [-0.2, -0.15) is 5.26 Å². The molecule has 1 unspecified atom stereocenters. The first-order chi connectivity index (χ1) is 9.64. The predicted molar refractivity (Wildman–Crippen MR) is 76.8 cm³/mol. The molecular formula is C17H15FN2. The first-order valence-electron chi connectivity index (χ1n) is 6.69. The molecule has 1 aliphatic carbocycles. The van der Waals surface area contributed by atoms with E-state index < -0.39 is 5.54 Å². The molecule has 0 bridgehead atoms. The fourth-order valence-electron chi connectivity index (χ4n) is 2.83. The van der Waals surface area contributed by atoms with E-state index in [4.69, 9.17) is 0 Å². The zero-order chi connectivity index (χ0) is 14.2. The number of para-hydroxylation sites is 1. The van der Waals surface area contributed by atoms with Crippen LogP contribution in [0.4, 0.5) is 10.1 Å². The fraction of sp³-hybridized carbons (Fsp3) is 0.235. The minimum absolute atomic E-state index is 0.330. The summed E-state index contributed by atoms with van der Waals surface area (Å²) in [6.45, 7) is 2.00. The molecule has 1 N–H and O–H groups in total. The Bertz CT molecular complexity index is 702. The third kappa shape index (κ3) is 1.94. The van der Waals surface area contributed by atoms with E-state index >= 15 is 0 Å². The second kappa shape index (κ2) is 4.64. The van der Waals surface area contributed by atoms with E-state index in [-0.39, 0.29) is 5.82 Å². The van der Waals surface area contributed by atoms with Crippen molar-refractivity contribution in [2.45, 2.75) is 25.3 Å². The molecule has 0 radical (unpaired) electrons. The highest BCUT2D eigenvalue weighted by molar-refractivity contribution is 5.56. The van der Waals surface area contributed by atoms with E-state index in [0.29, 0.717) is 12.1 Å². The second-order valence-electron chi connectivity index (χ2n) is 5.28. The standard InChI is InChI=1S/C17H15FN2/c1-12-6-7-13-8-9-17(11-19,14(13)10-12)20-16-5-3-2-4-15(16)18/h2-7,10,20H,8-9H2,1H3. The maximum absolute atomic E-state index is 13.8. The lowest BCUT2D eigenvalue weighted by atomic mass is 9.92. The topological polar surface area (TPSA) is 35.8 Å². The van der Waals surface area contributed by atoms with Crippen LogP contribution in [-0.2, 0) is 12.0 Å². The Balaban J connectivity index is 2.06. The largest absolute Gasteiger partial charge is 0.361 e. The van der Waals surface area contributed by atoms with Gasteiger partial charge in [0.1, 0.15) is 5.82 Å². The van der Waals surface area contributed by atoms with Gasteiger partial charge in [-0.1, -0.05) is 35.9 Å². The number of aryl methyl sites for hydroxylation is 2. The van der Waals surface area contributed by atoms with E-state index in [9.17, 15) is 9.65 Å². The van der Waals surface area contributed by atoms with Gasteiger partial charge in [0, 0.05) is 0 Å². The minimum atomic E-state index is -0.830. The van der Waals surface area contributed by atoms with Crippen LogP contribution in [0.3, 0.4) is 0 Å². The van der Waals surface area contributed by atoms with Crippen molar-refractivity contribution in [3.63, 3.8) is 0 Å². The minimum Gasteiger partial charge on any atom is -0.361 e. The Hall–Kier alpha value is -2.34. The van der Waals surface area contributed by atoms with Gasteiger partial charge in [0.15, 0.2) is 5.54 Å². The molecule has 20 heavy (non-hydrogen) atoms. The molecule has 2 aromatic carbocycles. The van der Waals surface area contributed by atoms with Crippen molar-refractivity contribution in [2.75, 3.05) is 5.32 Å². The zero-order valence-corrected chi connectivity index (χ0v) is 11.3. The predicted octanol–water partition coefficient (Wildman–Crippen LogP) is 3.91. The highest BCUT2D eigenvalue weighted by Crippen LogP contribution is 2.40. The molecule has 0 fully saturated rings. The molecule has 1 atom stereocenters. The van der Waals surface area contributed by atoms with E-state index in [0.717, 1.165) is 17.5 Å². The normalized spacial score (nSPS) is 20.2. The molecule has 0 saturated carbocycles. The van der Waals surface area contributed by atoms with Crippen LogP contribution in [0.2, 0.25) is 0 Å². The molecular weight excluding hydrogens is 251 g/mol. The number of anilines is 1. The number of hydrogen-bond donors (Lipinski definition) is 1. The van der Waals surface area contributed by atoms with Crippen LogP contribution in [-0.4, -0.2) is 0 Å². The van der Waals surface area contributed by atoms with Crippen molar-refractivity contribution in [1.29, 1.82) is 5.26 Å². The highest BCUT2D eigenvalue weighted by atomic mass is 19.1. The van der Waals surface area contributed by atoms with Gasteiger partial charge in [0.05, 0.1) is 11.8 Å². The Morgan fingerprint density at radius 3 is 2.80 bits per heavy atom. The van der Waals surface area contributed by atoms with Crippen molar-refractivity contribution < 1.29 is 4.39 Å². The van der Waals surface area contributed by atoms with Crippen LogP contribution in [0.15, 0.2) is 42.5 Å². The first kappa shape index (κ1) is 12.7. The molecule has 0 spiro atoms. The highest BCUT2D eigenvalue weighted by Gasteiger charge is 2.39. The van der Waals surface area contributed by atoms with Gasteiger partial charge < -0.3 is 5.32 Å². The zero-order valence-electron chi connectivity index (χ0n) is 11.3. The smallest absolute Gasteiger partial charge is 0.151 e. The number of nitrogens with zero attached hydrogens (tertiary/aromatic N) is 1. The summed E-state index contributed by atoms with van der Waals surface area (Å²) >= 11 is 0. The Morgan fingerprint density at radius 2 is 2.05 bits per heavy atom. The van der Waals surface area contributed by atoms with Crippen molar-refractivity contribution in [3.05, 3.63) is 65.0 Å². The van der Waals surface area contributed by atoms with Gasteiger partial charge in [0.25, 0.3) is 0 Å². The molecule has 0 heterocycles. The lowest BCUT2D eigenvalue weighted by Gasteiger charge is -2.25. The van der Waals surface area contributed by atoms with Crippen LogP contribution in [0.25, 0.3) is 0 Å². The van der Waals surface area contributed by atoms with Crippen LogP contribution in [0.1, 0.15) is 23.1 Å². The van der Waals surface area contributed by atoms with Crippen LogP contribution in [0.5, 0.6) is 0 Å². The number of hydrogen-bond acceptors (Lipinski definition) is 2. The SMILES string of the molecule is Cc1ccc2c(c1)C(C#N)(Nc1ccccc1F)CC2. The summed E-state index contributed by atoms with van der Waals surface area (Å²) in [4.78, 5) is 0. The molecule has 0 aliphatic heterocycles. The van der Waals surface area contributed by atoms with Gasteiger partial charge in [-0.3, -0.25) is 0 Å². The molecule has 2 nitrogen and oxygen atoms in total. The maximum atomic E-state index is 13.8. The molecule has 1 aliphatic rings. The summed E-state index contributed by atoms with van der Waals surface area (Å²) in [6.07, 6.45) is 1.50. The van der Waals surface area contributed by atoms with Crippen molar-refractivity contribution in [3.8, 4) is 6.07 Å². The number of nitriles is 1. The summed E-state index contributed by atoms with van der Waals surface area (Å²) in [6, 6.07) is 15.0. The summed E-state index contributed by atoms with van der Waals surface area (Å²) in [5.41, 5.74) is 2.80. The van der Waals surface area contributed by atoms with E-state index in [1.54, 1.807) is 18.2 Å². The Morgan fingerprint density at radius 1 is 1.25 bits per heavy atom. The summed E-state index contributed by atoms with van der Waals surface area (Å²) in [5.74, 6) is -0.330. The van der Waals surface area contributed by atoms with Crippen LogP contribution < -0.4 is 5.32 Å². The quantitative estimate of drug-likeness (QED) is 0.894. The Kier molecular flexibility index (Phi) is 2.94. The summed E-state index contributed by atoms with van der Waals surface area (Å²) in [5, 5.41) is 12.8. The molecule has 2 aromatic rings. The van der Waals surface area contributed by atoms with Gasteiger partial charge >= 0.3 is 0 Å². The number of halogens is 1. The molecule has 3 heteroatoms. The second-order valence-corrected chi connectivity index (χ2v) is 5.28. The molecule has 3 rings (SSSR count). The van der Waals surface area contributed by atoms with E-state index in [1.165, 1.54) is 11.6 Å². The maximum Gasteiger partial charge on any atom is 0.151 e. The first-order valence-corrected chi connectivity index (χ1v) is 6.69. The third-order valence-electron chi connectivity index (χ3n) is 3.91. The number of rotatable bonds is 2. The summed E-state index contributed by atoms with van der Waals surface area (Å²) < 4.78 is 13.8. The van der Waals surface area contributed by atoms with Gasteiger partial charge in [-0.05, 0) is 43.0 Å². The van der Waals surface area contributed by atoms with Crippen LogP contribution in [0, 0.1) is 24.1 Å². The Labute approximate surface area is 117 Å². The third-order valence-corrected chi connectivity index (χ3v) is 3.91. The van der Waals surface area contributed by atoms with Gasteiger partial charge in [-0.25, -0.2) is 4.39 Å². The average Bonchev–Trinajstić information content (AvgIpc) is 2.80. The van der Waals surface area contributed by atoms with Gasteiger partial charge in [0.2, 0.25) is 0 Å². The van der Waals surface area contributed by atoms with Crippen LogP contribution >= 0.6 is 0 Å². The van der Waals surface area contributed by atoms with Gasteiger partial charge in [-0.15, -0.1) is 0 Å². The number of benzene rings is 2. The molecule has 0 saturated heterocycles. The lowest BCUT2D eigenvalue weighted by molar-refractivity contribution is 0.593. The average molecular weight is 266 g/mol. The molecule has 0 amide bonds. The number of nitrogens with one attached hydrogen (secondary N) is 1. The molecule has 100 valence electrons. The van der Waals surface area contributed by atoms with Crippen molar-refractivity contribution in [2.24, 2.45) is 0 Å². The number of fused-ring (bicyclic) bond motifs is 1. The van der Waals surface area contributed by atoms with Crippen molar-refractivity contribution >= 4 is 5.69 Å². The fourth-order valence-corrected chi connectivity index (χ4v) is 2.83.